The molecule has 2 fully saturated rings. The topological polar surface area (TPSA) is 146 Å². The van der Waals surface area contributed by atoms with Crippen LogP contribution in [0.25, 0.3) is 0 Å². The SMILES string of the molecule is CC(=O)N1CC(Nc2cc(C(=O)NC[C@@H](O)[C@@H]3Cc4ccc(O)cc4CN3)nc(N3CCN(C(C)C)CC3)n2)C1. The Kier molecular flexibility index (Phi) is 8.38. The first kappa shape index (κ1) is 28.1. The molecule has 2 saturated heterocycles. The summed E-state index contributed by atoms with van der Waals surface area (Å²) >= 11 is 0. The molecule has 3 aliphatic rings. The van der Waals surface area contributed by atoms with Gasteiger partial charge in [0.1, 0.15) is 17.3 Å². The van der Waals surface area contributed by atoms with Crippen molar-refractivity contribution in [1.29, 1.82) is 0 Å². The van der Waals surface area contributed by atoms with Crippen molar-refractivity contribution in [2.75, 3.05) is 56.0 Å². The second-order valence-corrected chi connectivity index (χ2v) is 11.2. The van der Waals surface area contributed by atoms with E-state index in [1.54, 1.807) is 30.0 Å². The van der Waals surface area contributed by atoms with E-state index in [-0.39, 0.29) is 41.9 Å². The summed E-state index contributed by atoms with van der Waals surface area (Å²) in [5.74, 6) is 0.920. The summed E-state index contributed by atoms with van der Waals surface area (Å²) in [7, 11) is 0. The third-order valence-corrected chi connectivity index (χ3v) is 8.07. The van der Waals surface area contributed by atoms with Crippen molar-refractivity contribution in [3.8, 4) is 5.75 Å². The summed E-state index contributed by atoms with van der Waals surface area (Å²) in [6, 6.07) is 7.19. The van der Waals surface area contributed by atoms with E-state index < -0.39 is 6.10 Å². The highest BCUT2D eigenvalue weighted by atomic mass is 16.3. The van der Waals surface area contributed by atoms with Crippen molar-refractivity contribution < 1.29 is 19.8 Å². The Balaban J connectivity index is 1.25. The number of aliphatic hydroxyl groups is 1. The van der Waals surface area contributed by atoms with Gasteiger partial charge in [-0.1, -0.05) is 6.07 Å². The molecule has 40 heavy (non-hydrogen) atoms. The van der Waals surface area contributed by atoms with Crippen LogP contribution < -0.4 is 20.9 Å². The van der Waals surface area contributed by atoms with Crippen molar-refractivity contribution in [1.82, 2.24) is 30.4 Å². The maximum Gasteiger partial charge on any atom is 0.270 e. The van der Waals surface area contributed by atoms with Gasteiger partial charge in [0.15, 0.2) is 0 Å². The first-order valence-electron chi connectivity index (χ1n) is 14.1. The lowest BCUT2D eigenvalue weighted by atomic mass is 9.92. The van der Waals surface area contributed by atoms with E-state index in [0.29, 0.717) is 43.9 Å². The number of phenolic OH excluding ortho intramolecular Hbond substituents is 1. The number of hydrogen-bond acceptors (Lipinski definition) is 10. The van der Waals surface area contributed by atoms with Gasteiger partial charge in [0.25, 0.3) is 5.91 Å². The minimum Gasteiger partial charge on any atom is -0.508 e. The van der Waals surface area contributed by atoms with E-state index in [0.717, 1.165) is 37.3 Å². The van der Waals surface area contributed by atoms with Crippen LogP contribution in [0.5, 0.6) is 5.75 Å². The van der Waals surface area contributed by atoms with Gasteiger partial charge in [-0.05, 0) is 43.5 Å². The van der Waals surface area contributed by atoms with Gasteiger partial charge in [-0.3, -0.25) is 14.5 Å². The van der Waals surface area contributed by atoms with Crippen molar-refractivity contribution in [2.45, 2.75) is 58.0 Å². The minimum atomic E-state index is -0.804. The Morgan fingerprint density at radius 1 is 1.10 bits per heavy atom. The zero-order chi connectivity index (χ0) is 28.4. The van der Waals surface area contributed by atoms with Crippen LogP contribution in [0, 0.1) is 0 Å². The number of anilines is 2. The predicted octanol–water partition coefficient (Wildman–Crippen LogP) is 0.160. The number of aromatic nitrogens is 2. The Morgan fingerprint density at radius 3 is 2.55 bits per heavy atom. The molecule has 2 aromatic rings. The Labute approximate surface area is 234 Å². The standard InChI is InChI=1S/C28H40N8O4/c1-17(2)34-6-8-35(9-7-34)28-32-24(12-26(33-28)31-21-15-36(16-21)18(3)37)27(40)30-14-25(39)23-11-19-4-5-22(38)10-20(19)13-29-23/h4-5,10,12,17,21,23,25,29,38-39H,6-9,11,13-16H2,1-3H3,(H,30,40)(H,31,32,33)/t23-,25+/m0/s1. The molecule has 12 heteroatoms. The average Bonchev–Trinajstić information content (AvgIpc) is 2.92. The van der Waals surface area contributed by atoms with Crippen LogP contribution in [-0.2, 0) is 17.8 Å². The second-order valence-electron chi connectivity index (χ2n) is 11.2. The van der Waals surface area contributed by atoms with Crippen LogP contribution in [-0.4, -0.2) is 112 Å². The third-order valence-electron chi connectivity index (χ3n) is 8.07. The molecule has 216 valence electrons. The number of piperazine rings is 1. The summed E-state index contributed by atoms with van der Waals surface area (Å²) in [5, 5.41) is 30.1. The first-order chi connectivity index (χ1) is 19.2. The number of benzene rings is 1. The van der Waals surface area contributed by atoms with E-state index in [4.69, 9.17) is 4.98 Å². The molecule has 3 aliphatic heterocycles. The summed E-state index contributed by atoms with van der Waals surface area (Å²) in [4.78, 5) is 40.4. The van der Waals surface area contributed by atoms with Crippen molar-refractivity contribution in [3.63, 3.8) is 0 Å². The summed E-state index contributed by atoms with van der Waals surface area (Å²) in [5.41, 5.74) is 2.30. The lowest BCUT2D eigenvalue weighted by Gasteiger charge is -2.39. The van der Waals surface area contributed by atoms with Gasteiger partial charge in [0.05, 0.1) is 12.1 Å². The third kappa shape index (κ3) is 6.45. The normalized spacial score (nSPS) is 20.6. The molecular formula is C28H40N8O4. The molecule has 1 aromatic carbocycles. The molecule has 0 aliphatic carbocycles. The number of carbonyl (C=O) groups is 2. The maximum atomic E-state index is 13.2. The highest BCUT2D eigenvalue weighted by Crippen LogP contribution is 2.23. The van der Waals surface area contributed by atoms with Crippen molar-refractivity contribution in [2.24, 2.45) is 0 Å². The highest BCUT2D eigenvalue weighted by molar-refractivity contribution is 5.93. The smallest absolute Gasteiger partial charge is 0.270 e. The Hall–Kier alpha value is -3.48. The number of phenols is 1. The quantitative estimate of drug-likeness (QED) is 0.307. The van der Waals surface area contributed by atoms with Crippen LogP contribution in [0.2, 0.25) is 0 Å². The fraction of sp³-hybridized carbons (Fsp3) is 0.571. The van der Waals surface area contributed by atoms with Gasteiger partial charge in [-0.15, -0.1) is 0 Å². The highest BCUT2D eigenvalue weighted by Gasteiger charge is 2.30. The fourth-order valence-electron chi connectivity index (χ4n) is 5.47. The Morgan fingerprint density at radius 2 is 1.85 bits per heavy atom. The fourth-order valence-corrected chi connectivity index (χ4v) is 5.47. The second kappa shape index (κ2) is 11.9. The molecule has 1 aromatic heterocycles. The molecule has 2 amide bonds. The van der Waals surface area contributed by atoms with E-state index in [1.165, 1.54) is 0 Å². The lowest BCUT2D eigenvalue weighted by Crippen LogP contribution is -2.56. The number of aromatic hydroxyl groups is 1. The number of likely N-dealkylation sites (tertiary alicyclic amines) is 1. The molecule has 4 heterocycles. The van der Waals surface area contributed by atoms with Crippen LogP contribution in [0.4, 0.5) is 11.8 Å². The van der Waals surface area contributed by atoms with E-state index >= 15 is 0 Å². The number of fused-ring (bicyclic) bond motifs is 1. The molecule has 0 unspecified atom stereocenters. The van der Waals surface area contributed by atoms with Gasteiger partial charge >= 0.3 is 0 Å². The average molecular weight is 553 g/mol. The van der Waals surface area contributed by atoms with E-state index in [2.05, 4.69) is 44.6 Å². The molecule has 0 saturated carbocycles. The molecule has 12 nitrogen and oxygen atoms in total. The predicted molar refractivity (Wildman–Crippen MR) is 151 cm³/mol. The number of nitrogens with one attached hydrogen (secondary N) is 3. The van der Waals surface area contributed by atoms with Gasteiger partial charge in [0.2, 0.25) is 11.9 Å². The molecule has 2 atom stereocenters. The van der Waals surface area contributed by atoms with Crippen LogP contribution in [0.15, 0.2) is 24.3 Å². The zero-order valence-electron chi connectivity index (χ0n) is 23.4. The van der Waals surface area contributed by atoms with E-state index in [1.807, 2.05) is 6.07 Å². The minimum absolute atomic E-state index is 0.0390. The van der Waals surface area contributed by atoms with Crippen molar-refractivity contribution >= 4 is 23.6 Å². The zero-order valence-corrected chi connectivity index (χ0v) is 23.4. The van der Waals surface area contributed by atoms with Crippen LogP contribution >= 0.6 is 0 Å². The molecule has 0 bridgehead atoms. The number of nitrogens with zero attached hydrogens (tertiary/aromatic N) is 5. The Bertz CT molecular complexity index is 1230. The molecule has 5 rings (SSSR count). The largest absolute Gasteiger partial charge is 0.508 e. The molecule has 0 spiro atoms. The van der Waals surface area contributed by atoms with Gasteiger partial charge < -0.3 is 36.0 Å². The molecule has 5 N–H and O–H groups in total. The number of carbonyl (C=O) groups excluding carboxylic acids is 2. The van der Waals surface area contributed by atoms with Gasteiger partial charge in [-0.25, -0.2) is 4.98 Å². The first-order valence-corrected chi connectivity index (χ1v) is 14.1. The maximum absolute atomic E-state index is 13.2. The number of rotatable bonds is 8. The van der Waals surface area contributed by atoms with Crippen LogP contribution in [0.3, 0.4) is 0 Å². The number of amides is 2. The number of hydrogen-bond donors (Lipinski definition) is 5. The van der Waals surface area contributed by atoms with Crippen LogP contribution in [0.1, 0.15) is 42.4 Å². The summed E-state index contributed by atoms with van der Waals surface area (Å²) in [6.45, 7) is 11.0. The van der Waals surface area contributed by atoms with Gasteiger partial charge in [-0.2, -0.15) is 4.98 Å². The number of aliphatic hydroxyl groups excluding tert-OH is 1. The monoisotopic (exact) mass is 552 g/mol. The summed E-state index contributed by atoms with van der Waals surface area (Å²) in [6.07, 6.45) is -0.208. The lowest BCUT2D eigenvalue weighted by molar-refractivity contribution is -0.132. The molecular weight excluding hydrogens is 512 g/mol. The summed E-state index contributed by atoms with van der Waals surface area (Å²) < 4.78 is 0. The molecule has 0 radical (unpaired) electrons. The van der Waals surface area contributed by atoms with Gasteiger partial charge in [0, 0.05) is 77.4 Å². The van der Waals surface area contributed by atoms with E-state index in [9.17, 15) is 19.8 Å². The van der Waals surface area contributed by atoms with Crippen molar-refractivity contribution in [3.05, 3.63) is 41.1 Å².